The first-order valence-electron chi connectivity index (χ1n) is 4.24. The van der Waals surface area contributed by atoms with Crippen LogP contribution in [-0.2, 0) is 0 Å². The summed E-state index contributed by atoms with van der Waals surface area (Å²) < 4.78 is 0. The van der Waals surface area contributed by atoms with E-state index in [0.29, 0.717) is 11.1 Å². The van der Waals surface area contributed by atoms with Gasteiger partial charge in [0.2, 0.25) is 0 Å². The number of hydrogen-bond acceptors (Lipinski definition) is 3. The van der Waals surface area contributed by atoms with Crippen molar-refractivity contribution in [3.8, 4) is 6.07 Å². The van der Waals surface area contributed by atoms with Gasteiger partial charge in [-0.15, -0.1) is 6.58 Å². The Morgan fingerprint density at radius 2 is 2.27 bits per heavy atom. The summed E-state index contributed by atoms with van der Waals surface area (Å²) in [5.41, 5.74) is 0.877. The van der Waals surface area contributed by atoms with E-state index in [9.17, 15) is 10.1 Å². The summed E-state index contributed by atoms with van der Waals surface area (Å²) in [5, 5.41) is 19.4. The highest BCUT2D eigenvalue weighted by Gasteiger charge is 2.13. The highest BCUT2D eigenvalue weighted by Crippen LogP contribution is 2.24. The topological polar surface area (TPSA) is 66.9 Å². The van der Waals surface area contributed by atoms with Crippen LogP contribution in [0.15, 0.2) is 30.9 Å². The van der Waals surface area contributed by atoms with Gasteiger partial charge in [-0.25, -0.2) is 0 Å². The van der Waals surface area contributed by atoms with Gasteiger partial charge in [-0.3, -0.25) is 10.1 Å². The van der Waals surface area contributed by atoms with Crippen LogP contribution in [0, 0.1) is 28.4 Å². The third-order valence-corrected chi connectivity index (χ3v) is 2.05. The molecular weight excluding hydrogens is 192 g/mol. The quantitative estimate of drug-likeness (QED) is 0.428. The first-order valence-corrected chi connectivity index (χ1v) is 4.24. The largest absolute Gasteiger partial charge is 0.269 e. The molecular formula is C11H9N2O2. The van der Waals surface area contributed by atoms with E-state index < -0.39 is 4.92 Å². The maximum atomic E-state index is 10.5. The smallest absolute Gasteiger partial charge is 0.258 e. The van der Waals surface area contributed by atoms with Gasteiger partial charge in [0.25, 0.3) is 5.69 Å². The van der Waals surface area contributed by atoms with E-state index in [-0.39, 0.29) is 11.6 Å². The van der Waals surface area contributed by atoms with Gasteiger partial charge in [0.1, 0.15) is 0 Å². The Morgan fingerprint density at radius 3 is 2.73 bits per heavy atom. The Balaban J connectivity index is 3.32. The molecule has 0 aliphatic heterocycles. The predicted molar refractivity (Wildman–Crippen MR) is 56.1 cm³/mol. The van der Waals surface area contributed by atoms with E-state index in [1.807, 2.05) is 6.07 Å². The summed E-state index contributed by atoms with van der Waals surface area (Å²) in [6.45, 7) is 7.29. The SMILES string of the molecule is [CH2]C(C=C)c1cc([N+](=O)[O-])ccc1C#N. The summed E-state index contributed by atoms with van der Waals surface area (Å²) in [5.74, 6) is -0.320. The lowest BCUT2D eigenvalue weighted by molar-refractivity contribution is -0.384. The van der Waals surface area contributed by atoms with Crippen LogP contribution < -0.4 is 0 Å². The van der Waals surface area contributed by atoms with Crippen LogP contribution in [0.25, 0.3) is 0 Å². The van der Waals surface area contributed by atoms with Crippen molar-refractivity contribution >= 4 is 5.69 Å². The van der Waals surface area contributed by atoms with Gasteiger partial charge in [-0.1, -0.05) is 6.08 Å². The van der Waals surface area contributed by atoms with Crippen LogP contribution in [0.3, 0.4) is 0 Å². The van der Waals surface area contributed by atoms with Gasteiger partial charge in [-0.2, -0.15) is 5.26 Å². The zero-order valence-electron chi connectivity index (χ0n) is 8.01. The molecule has 4 nitrogen and oxygen atoms in total. The molecule has 1 aromatic carbocycles. The first kappa shape index (κ1) is 10.9. The number of nitrogens with zero attached hydrogens (tertiary/aromatic N) is 2. The van der Waals surface area contributed by atoms with E-state index in [4.69, 9.17) is 5.26 Å². The van der Waals surface area contributed by atoms with Crippen LogP contribution in [0.5, 0.6) is 0 Å². The molecule has 0 aliphatic rings. The zero-order valence-corrected chi connectivity index (χ0v) is 8.01. The van der Waals surface area contributed by atoms with E-state index >= 15 is 0 Å². The number of allylic oxidation sites excluding steroid dienone is 1. The van der Waals surface area contributed by atoms with Crippen LogP contribution in [0.4, 0.5) is 5.69 Å². The highest BCUT2D eigenvalue weighted by molar-refractivity contribution is 5.48. The molecule has 1 aromatic rings. The van der Waals surface area contributed by atoms with Crippen LogP contribution in [0.2, 0.25) is 0 Å². The minimum Gasteiger partial charge on any atom is -0.258 e. The normalized spacial score (nSPS) is 11.5. The lowest BCUT2D eigenvalue weighted by atomic mass is 9.96. The van der Waals surface area contributed by atoms with Crippen molar-refractivity contribution in [1.82, 2.24) is 0 Å². The van der Waals surface area contributed by atoms with Gasteiger partial charge in [-0.05, 0) is 18.6 Å². The number of rotatable bonds is 3. The van der Waals surface area contributed by atoms with E-state index in [1.54, 1.807) is 6.08 Å². The fourth-order valence-corrected chi connectivity index (χ4v) is 1.20. The lowest BCUT2D eigenvalue weighted by Gasteiger charge is -2.07. The zero-order chi connectivity index (χ0) is 11.4. The molecule has 0 amide bonds. The van der Waals surface area contributed by atoms with Gasteiger partial charge in [0.15, 0.2) is 0 Å². The summed E-state index contributed by atoms with van der Waals surface area (Å²) in [7, 11) is 0. The molecule has 0 fully saturated rings. The van der Waals surface area contributed by atoms with Crippen LogP contribution >= 0.6 is 0 Å². The number of hydrogen-bond donors (Lipinski definition) is 0. The van der Waals surface area contributed by atoms with Crippen molar-refractivity contribution in [1.29, 1.82) is 5.26 Å². The molecule has 0 spiro atoms. The second-order valence-corrected chi connectivity index (χ2v) is 2.98. The molecule has 1 atom stereocenters. The summed E-state index contributed by atoms with van der Waals surface area (Å²) in [6.07, 6.45) is 1.54. The number of nitro benzene ring substituents is 1. The molecule has 0 saturated heterocycles. The Kier molecular flexibility index (Phi) is 3.19. The fraction of sp³-hybridized carbons (Fsp3) is 0.0909. The van der Waals surface area contributed by atoms with E-state index in [1.165, 1.54) is 18.2 Å². The molecule has 75 valence electrons. The summed E-state index contributed by atoms with van der Waals surface area (Å²) in [4.78, 5) is 10.0. The van der Waals surface area contributed by atoms with E-state index in [0.717, 1.165) is 0 Å². The number of benzene rings is 1. The number of non-ortho nitro benzene ring substituents is 1. The van der Waals surface area contributed by atoms with Crippen molar-refractivity contribution in [3.05, 3.63) is 59.0 Å². The van der Waals surface area contributed by atoms with Crippen LogP contribution in [-0.4, -0.2) is 4.92 Å². The van der Waals surface area contributed by atoms with Crippen molar-refractivity contribution in [2.75, 3.05) is 0 Å². The predicted octanol–water partition coefficient (Wildman–Crippen LogP) is 2.57. The Morgan fingerprint density at radius 1 is 1.60 bits per heavy atom. The summed E-state index contributed by atoms with van der Waals surface area (Å²) >= 11 is 0. The second kappa shape index (κ2) is 4.38. The fourth-order valence-electron chi connectivity index (χ4n) is 1.20. The first-order chi connectivity index (χ1) is 7.10. The number of nitro groups is 1. The van der Waals surface area contributed by atoms with E-state index in [2.05, 4.69) is 13.5 Å². The molecule has 0 N–H and O–H groups in total. The monoisotopic (exact) mass is 201 g/mol. The van der Waals surface area contributed by atoms with Crippen molar-refractivity contribution in [2.45, 2.75) is 5.92 Å². The average molecular weight is 201 g/mol. The molecule has 1 radical (unpaired) electrons. The Bertz CT molecular complexity index is 446. The molecule has 15 heavy (non-hydrogen) atoms. The average Bonchev–Trinajstić information content (AvgIpc) is 2.27. The standard InChI is InChI=1S/C11H9N2O2/c1-3-8(2)11-6-10(13(14)15)5-4-9(11)7-12/h3-6,8H,1-2H2. The van der Waals surface area contributed by atoms with Crippen molar-refractivity contribution < 1.29 is 4.92 Å². The molecule has 1 rings (SSSR count). The highest BCUT2D eigenvalue weighted by atomic mass is 16.6. The minimum absolute atomic E-state index is 0.0421. The molecule has 0 heterocycles. The molecule has 0 aliphatic carbocycles. The third kappa shape index (κ3) is 2.20. The number of nitriles is 1. The molecule has 4 heteroatoms. The maximum absolute atomic E-state index is 10.5. The lowest BCUT2D eigenvalue weighted by Crippen LogP contribution is -1.97. The van der Waals surface area contributed by atoms with Gasteiger partial charge in [0.05, 0.1) is 16.6 Å². The molecule has 0 saturated carbocycles. The Hall–Kier alpha value is -2.15. The minimum atomic E-state index is -0.500. The van der Waals surface area contributed by atoms with Gasteiger partial charge >= 0.3 is 0 Å². The van der Waals surface area contributed by atoms with Gasteiger partial charge < -0.3 is 0 Å². The third-order valence-electron chi connectivity index (χ3n) is 2.05. The van der Waals surface area contributed by atoms with Crippen molar-refractivity contribution in [2.24, 2.45) is 0 Å². The van der Waals surface area contributed by atoms with Crippen molar-refractivity contribution in [3.63, 3.8) is 0 Å². The van der Waals surface area contributed by atoms with Gasteiger partial charge in [0, 0.05) is 18.1 Å². The van der Waals surface area contributed by atoms with Crippen LogP contribution in [0.1, 0.15) is 17.0 Å². The molecule has 1 unspecified atom stereocenters. The second-order valence-electron chi connectivity index (χ2n) is 2.98. The summed E-state index contributed by atoms with van der Waals surface area (Å²) in [6, 6.07) is 6.05. The Labute approximate surface area is 87.6 Å². The molecule has 0 aromatic heterocycles. The molecule has 0 bridgehead atoms. The maximum Gasteiger partial charge on any atom is 0.269 e.